The van der Waals surface area contributed by atoms with Crippen molar-refractivity contribution in [1.82, 2.24) is 0 Å². The first kappa shape index (κ1) is 31.1. The number of hydrogen-bond donors (Lipinski definition) is 2. The molecule has 0 aliphatic carbocycles. The Bertz CT molecular complexity index is 1230. The second kappa shape index (κ2) is 14.8. The zero-order chi connectivity index (χ0) is 29.1. The lowest BCUT2D eigenvalue weighted by molar-refractivity contribution is -0.139. The second-order valence-electron chi connectivity index (χ2n) is 9.54. The maximum Gasteiger partial charge on any atom is 0.416 e. The van der Waals surface area contributed by atoms with Crippen LogP contribution in [0.4, 0.5) is 29.3 Å². The number of carbonyl (C=O) groups is 2. The summed E-state index contributed by atoms with van der Waals surface area (Å²) in [7, 11) is 0. The van der Waals surface area contributed by atoms with Gasteiger partial charge < -0.3 is 10.4 Å². The van der Waals surface area contributed by atoms with Gasteiger partial charge in [-0.25, -0.2) is 4.79 Å². The van der Waals surface area contributed by atoms with Crippen molar-refractivity contribution >= 4 is 35.1 Å². The molecular formula is C31H35F3N2O3S. The number of carboxylic acids is 1. The van der Waals surface area contributed by atoms with Crippen LogP contribution >= 0.6 is 11.8 Å². The lowest BCUT2D eigenvalue weighted by Crippen LogP contribution is -2.35. The maximum atomic E-state index is 13.2. The average Bonchev–Trinajstić information content (AvgIpc) is 2.92. The lowest BCUT2D eigenvalue weighted by atomic mass is 9.97. The molecule has 3 aromatic carbocycles. The minimum absolute atomic E-state index is 0.290. The number of amides is 2. The Morgan fingerprint density at radius 1 is 0.850 bits per heavy atom. The summed E-state index contributed by atoms with van der Waals surface area (Å²) >= 11 is 1.53. The molecule has 0 aliphatic rings. The van der Waals surface area contributed by atoms with Crippen LogP contribution in [0.2, 0.25) is 0 Å². The summed E-state index contributed by atoms with van der Waals surface area (Å²) in [6, 6.07) is 19.0. The molecule has 0 saturated carbocycles. The summed E-state index contributed by atoms with van der Waals surface area (Å²) in [6.07, 6.45) is 1.17. The first-order chi connectivity index (χ1) is 19.1. The predicted octanol–water partition coefficient (Wildman–Crippen LogP) is 9.44. The van der Waals surface area contributed by atoms with Crippen molar-refractivity contribution in [2.45, 2.75) is 74.3 Å². The van der Waals surface area contributed by atoms with Crippen LogP contribution < -0.4 is 10.2 Å². The molecule has 0 fully saturated rings. The molecule has 1 unspecified atom stereocenters. The molecule has 0 heterocycles. The standard InChI is InChI=1S/C31H35F3N2O3S/c1-3-5-6-7-8-21-36(30(39)35-24-13-11-23(12-14-24)31(32,33)34)25-15-19-27(20-16-25)40-26-17-9-22(10-18-26)28(4-2)29(37)38/h9-20,28H,3-8,21H2,1-2H3,(H,35,39)(H,37,38). The molecule has 0 bridgehead atoms. The van der Waals surface area contributed by atoms with Crippen molar-refractivity contribution in [3.8, 4) is 0 Å². The number of halogens is 3. The van der Waals surface area contributed by atoms with E-state index in [-0.39, 0.29) is 5.69 Å². The van der Waals surface area contributed by atoms with E-state index in [0.717, 1.165) is 59.6 Å². The Labute approximate surface area is 237 Å². The molecule has 5 nitrogen and oxygen atoms in total. The highest BCUT2D eigenvalue weighted by Crippen LogP contribution is 2.32. The predicted molar refractivity (Wildman–Crippen MR) is 154 cm³/mol. The Kier molecular flexibility index (Phi) is 11.5. The van der Waals surface area contributed by atoms with Gasteiger partial charge in [-0.15, -0.1) is 0 Å². The molecule has 0 spiro atoms. The number of unbranched alkanes of at least 4 members (excludes halogenated alkanes) is 4. The number of carboxylic acid groups (broad SMARTS) is 1. The lowest BCUT2D eigenvalue weighted by Gasteiger charge is -2.24. The van der Waals surface area contributed by atoms with Gasteiger partial charge in [-0.2, -0.15) is 13.2 Å². The van der Waals surface area contributed by atoms with Gasteiger partial charge in [-0.1, -0.05) is 63.4 Å². The maximum absolute atomic E-state index is 13.2. The number of urea groups is 1. The number of hydrogen-bond acceptors (Lipinski definition) is 3. The van der Waals surface area contributed by atoms with E-state index in [1.165, 1.54) is 23.9 Å². The van der Waals surface area contributed by atoms with Gasteiger partial charge in [0.15, 0.2) is 0 Å². The minimum Gasteiger partial charge on any atom is -0.481 e. The van der Waals surface area contributed by atoms with Crippen LogP contribution in [0, 0.1) is 0 Å². The van der Waals surface area contributed by atoms with E-state index in [1.54, 1.807) is 4.90 Å². The Hall–Kier alpha value is -3.46. The van der Waals surface area contributed by atoms with E-state index >= 15 is 0 Å². The van der Waals surface area contributed by atoms with E-state index in [2.05, 4.69) is 12.2 Å². The molecule has 2 N–H and O–H groups in total. The summed E-state index contributed by atoms with van der Waals surface area (Å²) in [4.78, 5) is 28.2. The van der Waals surface area contributed by atoms with E-state index in [0.29, 0.717) is 18.7 Å². The molecule has 9 heteroatoms. The highest BCUT2D eigenvalue weighted by molar-refractivity contribution is 7.99. The highest BCUT2D eigenvalue weighted by atomic mass is 32.2. The zero-order valence-corrected chi connectivity index (χ0v) is 23.5. The van der Waals surface area contributed by atoms with Gasteiger partial charge in [0.05, 0.1) is 11.5 Å². The van der Waals surface area contributed by atoms with Crippen LogP contribution in [-0.4, -0.2) is 23.7 Å². The highest BCUT2D eigenvalue weighted by Gasteiger charge is 2.30. The molecule has 0 aliphatic heterocycles. The van der Waals surface area contributed by atoms with Crippen molar-refractivity contribution in [2.24, 2.45) is 0 Å². The number of aliphatic carboxylic acids is 1. The fourth-order valence-corrected chi connectivity index (χ4v) is 5.12. The topological polar surface area (TPSA) is 69.6 Å². The number of nitrogens with zero attached hydrogens (tertiary/aromatic N) is 1. The van der Waals surface area contributed by atoms with Crippen LogP contribution in [0.3, 0.4) is 0 Å². The largest absolute Gasteiger partial charge is 0.481 e. The van der Waals surface area contributed by atoms with Crippen LogP contribution in [0.25, 0.3) is 0 Å². The van der Waals surface area contributed by atoms with E-state index in [1.807, 2.05) is 55.5 Å². The summed E-state index contributed by atoms with van der Waals surface area (Å²) in [5, 5.41) is 12.1. The fourth-order valence-electron chi connectivity index (χ4n) is 4.31. The Balaban J connectivity index is 1.71. The van der Waals surface area contributed by atoms with Gasteiger partial charge in [0.2, 0.25) is 0 Å². The molecule has 1 atom stereocenters. The Morgan fingerprint density at radius 2 is 1.43 bits per heavy atom. The first-order valence-electron chi connectivity index (χ1n) is 13.5. The van der Waals surface area contributed by atoms with Crippen molar-refractivity contribution in [3.05, 3.63) is 83.9 Å². The van der Waals surface area contributed by atoms with E-state index in [9.17, 15) is 27.9 Å². The number of alkyl halides is 3. The normalized spacial score (nSPS) is 12.1. The van der Waals surface area contributed by atoms with Gasteiger partial charge >= 0.3 is 18.2 Å². The third-order valence-corrected chi connectivity index (χ3v) is 7.58. The molecule has 0 saturated heterocycles. The summed E-state index contributed by atoms with van der Waals surface area (Å²) in [6.45, 7) is 4.46. The molecule has 40 heavy (non-hydrogen) atoms. The number of rotatable bonds is 13. The zero-order valence-electron chi connectivity index (χ0n) is 22.7. The third-order valence-electron chi connectivity index (χ3n) is 6.57. The number of benzene rings is 3. The van der Waals surface area contributed by atoms with Crippen LogP contribution in [-0.2, 0) is 11.0 Å². The molecule has 0 aromatic heterocycles. The SMILES string of the molecule is CCCCCCCN(C(=O)Nc1ccc(C(F)(F)F)cc1)c1ccc(Sc2ccc(C(CC)C(=O)O)cc2)cc1. The van der Waals surface area contributed by atoms with Gasteiger partial charge in [-0.3, -0.25) is 9.69 Å². The molecule has 2 amide bonds. The quantitative estimate of drug-likeness (QED) is 0.200. The van der Waals surface area contributed by atoms with Crippen LogP contribution in [0.5, 0.6) is 0 Å². The molecule has 3 rings (SSSR count). The number of carbonyl (C=O) groups excluding carboxylic acids is 1. The number of nitrogens with one attached hydrogen (secondary N) is 1. The summed E-state index contributed by atoms with van der Waals surface area (Å²) in [5.74, 6) is -1.37. The molecular weight excluding hydrogens is 537 g/mol. The van der Waals surface area contributed by atoms with Crippen molar-refractivity contribution in [2.75, 3.05) is 16.8 Å². The van der Waals surface area contributed by atoms with Gasteiger partial charge in [0, 0.05) is 27.7 Å². The molecule has 3 aromatic rings. The van der Waals surface area contributed by atoms with Crippen LogP contribution in [0.15, 0.2) is 82.6 Å². The minimum atomic E-state index is -4.44. The van der Waals surface area contributed by atoms with E-state index in [4.69, 9.17) is 0 Å². The Morgan fingerprint density at radius 3 is 1.95 bits per heavy atom. The summed E-state index contributed by atoms with van der Waals surface area (Å²) in [5.41, 5.74) is 0.973. The van der Waals surface area contributed by atoms with Crippen molar-refractivity contribution in [1.29, 1.82) is 0 Å². The smallest absolute Gasteiger partial charge is 0.416 e. The van der Waals surface area contributed by atoms with Gasteiger partial charge in [0.1, 0.15) is 0 Å². The van der Waals surface area contributed by atoms with Crippen molar-refractivity contribution < 1.29 is 27.9 Å². The van der Waals surface area contributed by atoms with Gasteiger partial charge in [-0.05, 0) is 79.1 Å². The monoisotopic (exact) mass is 572 g/mol. The molecule has 0 radical (unpaired) electrons. The third kappa shape index (κ3) is 9.05. The van der Waals surface area contributed by atoms with Crippen molar-refractivity contribution in [3.63, 3.8) is 0 Å². The molecule has 214 valence electrons. The second-order valence-corrected chi connectivity index (χ2v) is 10.7. The van der Waals surface area contributed by atoms with E-state index < -0.39 is 29.7 Å². The fraction of sp³-hybridized carbons (Fsp3) is 0.355. The van der Waals surface area contributed by atoms with Crippen LogP contribution in [0.1, 0.15) is 69.4 Å². The average molecular weight is 573 g/mol. The first-order valence-corrected chi connectivity index (χ1v) is 14.3. The van der Waals surface area contributed by atoms with Gasteiger partial charge in [0.25, 0.3) is 0 Å². The number of anilines is 2. The summed E-state index contributed by atoms with van der Waals surface area (Å²) < 4.78 is 38.7.